The zero-order valence-corrected chi connectivity index (χ0v) is 18.9. The summed E-state index contributed by atoms with van der Waals surface area (Å²) in [5.41, 5.74) is 1.22. The maximum atomic E-state index is 12.7. The quantitative estimate of drug-likeness (QED) is 0.404. The predicted octanol–water partition coefficient (Wildman–Crippen LogP) is 1.37. The van der Waals surface area contributed by atoms with Crippen molar-refractivity contribution in [2.24, 2.45) is 0 Å². The van der Waals surface area contributed by atoms with E-state index in [1.165, 1.54) is 6.08 Å². The van der Waals surface area contributed by atoms with Crippen LogP contribution in [-0.4, -0.2) is 75.0 Å². The predicted molar refractivity (Wildman–Crippen MR) is 116 cm³/mol. The van der Waals surface area contributed by atoms with Crippen LogP contribution < -0.4 is 0 Å². The lowest BCUT2D eigenvalue weighted by atomic mass is 9.90. The molecular weight excluding hydrogens is 463 g/mol. The molecule has 6 atom stereocenters. The molecular formula is C22H26Cl2O8. The van der Waals surface area contributed by atoms with E-state index in [4.69, 9.17) is 42.5 Å². The fourth-order valence-electron chi connectivity index (χ4n) is 3.60. The summed E-state index contributed by atoms with van der Waals surface area (Å²) in [6.45, 7) is 0.847. The van der Waals surface area contributed by atoms with Gasteiger partial charge in [-0.05, 0) is 18.6 Å². The van der Waals surface area contributed by atoms with Gasteiger partial charge in [0.15, 0.2) is 12.1 Å². The van der Waals surface area contributed by atoms with Crippen LogP contribution in [0.2, 0.25) is 0 Å². The van der Waals surface area contributed by atoms with Gasteiger partial charge in [-0.25, -0.2) is 0 Å². The average molecular weight is 489 g/mol. The molecule has 1 aromatic rings. The van der Waals surface area contributed by atoms with E-state index in [2.05, 4.69) is 0 Å². The summed E-state index contributed by atoms with van der Waals surface area (Å²) in [6, 6.07) is 9.49. The lowest BCUT2D eigenvalue weighted by Gasteiger charge is -2.39. The normalized spacial score (nSPS) is 33.1. The molecule has 0 bridgehead atoms. The van der Waals surface area contributed by atoms with Crippen LogP contribution in [0.1, 0.15) is 18.9 Å². The van der Waals surface area contributed by atoms with Gasteiger partial charge in [-0.2, -0.15) is 0 Å². The molecule has 3 rings (SSSR count). The van der Waals surface area contributed by atoms with Crippen molar-refractivity contribution in [3.05, 3.63) is 58.3 Å². The van der Waals surface area contributed by atoms with Gasteiger partial charge in [0.05, 0.1) is 11.6 Å². The minimum absolute atomic E-state index is 0.124. The van der Waals surface area contributed by atoms with Crippen molar-refractivity contribution in [3.8, 4) is 0 Å². The minimum Gasteiger partial charge on any atom is -0.490 e. The number of ether oxygens (including phenoxy) is 3. The van der Waals surface area contributed by atoms with E-state index in [0.717, 1.165) is 5.56 Å². The van der Waals surface area contributed by atoms with Crippen molar-refractivity contribution in [1.82, 2.24) is 0 Å². The number of benzene rings is 1. The van der Waals surface area contributed by atoms with Crippen LogP contribution in [-0.2, 0) is 25.6 Å². The number of aliphatic hydroxyl groups excluding tert-OH is 4. The highest BCUT2D eigenvalue weighted by atomic mass is 35.5. The highest BCUT2D eigenvalue weighted by Gasteiger charge is 2.45. The fraction of sp³-hybridized carbons (Fsp3) is 0.500. The summed E-state index contributed by atoms with van der Waals surface area (Å²) < 4.78 is 16.2. The van der Waals surface area contributed by atoms with Gasteiger partial charge in [0, 0.05) is 12.0 Å². The second-order valence-corrected chi connectivity index (χ2v) is 9.16. The van der Waals surface area contributed by atoms with Gasteiger partial charge in [-0.1, -0.05) is 41.9 Å². The molecule has 32 heavy (non-hydrogen) atoms. The van der Waals surface area contributed by atoms with Crippen molar-refractivity contribution in [1.29, 1.82) is 0 Å². The maximum absolute atomic E-state index is 12.7. The van der Waals surface area contributed by atoms with Gasteiger partial charge >= 0.3 is 0 Å². The number of allylic oxidation sites excluding steroid dienone is 3. The number of hydrogen-bond acceptors (Lipinski definition) is 8. The molecule has 176 valence electrons. The number of hydrogen-bond donors (Lipinski definition) is 4. The van der Waals surface area contributed by atoms with E-state index in [9.17, 15) is 20.1 Å². The Kier molecular flexibility index (Phi) is 8.35. The van der Waals surface area contributed by atoms with Gasteiger partial charge in [0.1, 0.15) is 48.3 Å². The molecule has 1 unspecified atom stereocenters. The smallest absolute Gasteiger partial charge is 0.184 e. The fourth-order valence-corrected chi connectivity index (χ4v) is 4.34. The topological polar surface area (TPSA) is 126 Å². The second-order valence-electron chi connectivity index (χ2n) is 7.92. The van der Waals surface area contributed by atoms with Gasteiger partial charge < -0.3 is 34.6 Å². The number of ketones is 1. The molecule has 1 saturated heterocycles. The second kappa shape index (κ2) is 10.6. The van der Waals surface area contributed by atoms with Crippen molar-refractivity contribution in [2.45, 2.75) is 55.5 Å². The molecule has 0 saturated carbocycles. The summed E-state index contributed by atoms with van der Waals surface area (Å²) in [5, 5.41) is 39.3. The first-order chi connectivity index (χ1) is 15.1. The molecule has 0 radical (unpaired) electrons. The number of rotatable bonds is 8. The van der Waals surface area contributed by atoms with Crippen LogP contribution in [0.15, 0.2) is 52.8 Å². The first kappa shape index (κ1) is 25.1. The van der Waals surface area contributed by atoms with Crippen LogP contribution in [0, 0.1) is 0 Å². The summed E-state index contributed by atoms with van der Waals surface area (Å²) in [7, 11) is 0. The Morgan fingerprint density at radius 1 is 1.22 bits per heavy atom. The van der Waals surface area contributed by atoms with E-state index < -0.39 is 54.6 Å². The number of aliphatic hydroxyl groups is 4. The van der Waals surface area contributed by atoms with E-state index in [0.29, 0.717) is 5.76 Å². The molecule has 1 fully saturated rings. The molecule has 1 aromatic carbocycles. The zero-order valence-electron chi connectivity index (χ0n) is 17.4. The van der Waals surface area contributed by atoms with E-state index in [1.807, 2.05) is 30.3 Å². The molecule has 4 N–H and O–H groups in total. The largest absolute Gasteiger partial charge is 0.490 e. The Labute approximate surface area is 195 Å². The molecule has 0 aromatic heterocycles. The average Bonchev–Trinajstić information content (AvgIpc) is 2.75. The number of Topliss-reactive ketones (excluding diaryl/α,β-unsaturated/α-hetero) is 1. The Bertz CT molecular complexity index is 870. The lowest BCUT2D eigenvalue weighted by Crippen LogP contribution is -2.59. The molecule has 8 nitrogen and oxygen atoms in total. The summed E-state index contributed by atoms with van der Waals surface area (Å²) in [4.78, 5) is 11.6. The third-order valence-electron chi connectivity index (χ3n) is 5.35. The highest BCUT2D eigenvalue weighted by molar-refractivity contribution is 6.34. The third-order valence-corrected chi connectivity index (χ3v) is 5.93. The monoisotopic (exact) mass is 488 g/mol. The van der Waals surface area contributed by atoms with E-state index in [1.54, 1.807) is 6.92 Å². The Hall–Kier alpha value is -1.49. The lowest BCUT2D eigenvalue weighted by molar-refractivity contribution is -0.294. The SMILES string of the molecule is CC1(Cl)CC(C(=O)CO[C@@H]2[C@@H](O)[C@H](O)[C@@H](CO)O[C@@H]2O)=CC(Cl)=C1OCc1ccccc1. The van der Waals surface area contributed by atoms with Crippen LogP contribution in [0.5, 0.6) is 0 Å². The van der Waals surface area contributed by atoms with Gasteiger partial charge in [0.2, 0.25) is 0 Å². The Morgan fingerprint density at radius 3 is 2.53 bits per heavy atom. The van der Waals surface area contributed by atoms with Crippen molar-refractivity contribution in [3.63, 3.8) is 0 Å². The molecule has 10 heteroatoms. The van der Waals surface area contributed by atoms with Crippen molar-refractivity contribution >= 4 is 29.0 Å². The summed E-state index contributed by atoms with van der Waals surface area (Å²) >= 11 is 13.0. The van der Waals surface area contributed by atoms with Gasteiger partial charge in [0.25, 0.3) is 0 Å². The van der Waals surface area contributed by atoms with Crippen LogP contribution in [0.3, 0.4) is 0 Å². The number of carbonyl (C=O) groups is 1. The Morgan fingerprint density at radius 2 is 1.91 bits per heavy atom. The maximum Gasteiger partial charge on any atom is 0.184 e. The van der Waals surface area contributed by atoms with Crippen LogP contribution >= 0.6 is 23.2 Å². The third kappa shape index (κ3) is 5.70. The van der Waals surface area contributed by atoms with E-state index in [-0.39, 0.29) is 23.6 Å². The molecule has 1 heterocycles. The molecule has 1 aliphatic carbocycles. The first-order valence-corrected chi connectivity index (χ1v) is 10.8. The van der Waals surface area contributed by atoms with Gasteiger partial charge in [-0.15, -0.1) is 11.6 Å². The molecule has 0 spiro atoms. The number of alkyl halides is 1. The molecule has 0 amide bonds. The number of halogens is 2. The first-order valence-electron chi connectivity index (χ1n) is 10.1. The van der Waals surface area contributed by atoms with Crippen LogP contribution in [0.25, 0.3) is 0 Å². The minimum atomic E-state index is -1.63. The van der Waals surface area contributed by atoms with Crippen molar-refractivity contribution < 1.29 is 39.4 Å². The summed E-state index contributed by atoms with van der Waals surface area (Å²) in [6.07, 6.45) is -5.62. The van der Waals surface area contributed by atoms with Crippen LogP contribution in [0.4, 0.5) is 0 Å². The van der Waals surface area contributed by atoms with Crippen molar-refractivity contribution in [2.75, 3.05) is 13.2 Å². The highest BCUT2D eigenvalue weighted by Crippen LogP contribution is 2.41. The zero-order chi connectivity index (χ0) is 23.5. The molecule has 1 aliphatic heterocycles. The Balaban J connectivity index is 1.65. The standard InChI is InChI=1S/C22H26Cl2O8/c1-22(24)8-13(7-14(23)20(22)31-10-12-5-3-2-4-6-12)15(26)11-30-19-18(28)17(27)16(9-25)32-21(19)29/h2-7,16-19,21,25,27-29H,8-11H2,1H3/t16-,17-,18+,19-,21+,22?/m1/s1. The summed E-state index contributed by atoms with van der Waals surface area (Å²) in [5.74, 6) is -0.109. The van der Waals surface area contributed by atoms with E-state index >= 15 is 0 Å². The van der Waals surface area contributed by atoms with Gasteiger partial charge in [-0.3, -0.25) is 4.79 Å². The number of carbonyl (C=O) groups excluding carboxylic acids is 1. The molecule has 2 aliphatic rings.